The molecule has 4 rings (SSSR count). The van der Waals surface area contributed by atoms with Crippen molar-refractivity contribution < 1.29 is 32.2 Å². The van der Waals surface area contributed by atoms with Crippen LogP contribution in [0.25, 0.3) is 0 Å². The Morgan fingerprint density at radius 2 is 1.58 bits per heavy atom. The fourth-order valence-electron chi connectivity index (χ4n) is 5.06. The number of carbonyl (C=O) groups is 2. The molecule has 1 unspecified atom stereocenters. The zero-order valence-corrected chi connectivity index (χ0v) is 26.8. The molecule has 0 bridgehead atoms. The van der Waals surface area contributed by atoms with E-state index in [9.17, 15) is 18.0 Å². The summed E-state index contributed by atoms with van der Waals surface area (Å²) in [5.41, 5.74) is 1.76. The molecule has 1 aliphatic heterocycles. The van der Waals surface area contributed by atoms with Crippen LogP contribution in [0.3, 0.4) is 0 Å². The van der Waals surface area contributed by atoms with E-state index in [0.29, 0.717) is 50.8 Å². The van der Waals surface area contributed by atoms with E-state index in [1.54, 1.807) is 12.0 Å². The van der Waals surface area contributed by atoms with Gasteiger partial charge in [0.25, 0.3) is 5.91 Å². The van der Waals surface area contributed by atoms with Gasteiger partial charge in [0.1, 0.15) is 17.5 Å². The van der Waals surface area contributed by atoms with E-state index in [0.717, 1.165) is 30.4 Å². The summed E-state index contributed by atoms with van der Waals surface area (Å²) in [5.74, 6) is 0.431. The maximum absolute atomic E-state index is 13.9. The van der Waals surface area contributed by atoms with Crippen molar-refractivity contribution in [3.8, 4) is 11.5 Å². The number of ether oxygens (including phenoxy) is 3. The molecule has 11 heteroatoms. The van der Waals surface area contributed by atoms with Gasteiger partial charge in [0, 0.05) is 32.6 Å². The van der Waals surface area contributed by atoms with Crippen LogP contribution < -0.4 is 14.8 Å². The first-order valence-electron chi connectivity index (χ1n) is 15.4. The molecule has 10 nitrogen and oxygen atoms in total. The van der Waals surface area contributed by atoms with E-state index < -0.39 is 16.1 Å². The van der Waals surface area contributed by atoms with Crippen molar-refractivity contribution in [1.29, 1.82) is 0 Å². The maximum atomic E-state index is 13.9. The van der Waals surface area contributed by atoms with Gasteiger partial charge >= 0.3 is 0 Å². The highest BCUT2D eigenvalue weighted by Crippen LogP contribution is 2.22. The Morgan fingerprint density at radius 3 is 2.22 bits per heavy atom. The first-order valence-corrected chi connectivity index (χ1v) is 16.8. The topological polar surface area (TPSA) is 114 Å². The van der Waals surface area contributed by atoms with Gasteiger partial charge in [-0.05, 0) is 53.9 Å². The van der Waals surface area contributed by atoms with Crippen molar-refractivity contribution in [2.75, 3.05) is 46.6 Å². The zero-order valence-electron chi connectivity index (χ0n) is 26.0. The summed E-state index contributed by atoms with van der Waals surface area (Å²) in [7, 11) is -2.07. The second-order valence-corrected chi connectivity index (χ2v) is 12.8. The molecule has 242 valence electrons. The quantitative estimate of drug-likeness (QED) is 0.236. The van der Waals surface area contributed by atoms with Gasteiger partial charge in [-0.25, -0.2) is 8.42 Å². The molecule has 0 aliphatic carbocycles. The summed E-state index contributed by atoms with van der Waals surface area (Å²) in [4.78, 5) is 29.2. The van der Waals surface area contributed by atoms with Gasteiger partial charge in [0.05, 0.1) is 25.2 Å². The van der Waals surface area contributed by atoms with Crippen LogP contribution in [0.5, 0.6) is 11.5 Å². The van der Waals surface area contributed by atoms with Gasteiger partial charge < -0.3 is 24.4 Å². The molecule has 1 heterocycles. The number of morpholine rings is 1. The zero-order chi connectivity index (χ0) is 32.1. The van der Waals surface area contributed by atoms with E-state index in [2.05, 4.69) is 12.2 Å². The number of nitrogens with one attached hydrogen (secondary N) is 1. The molecule has 1 atom stereocenters. The third-order valence-electron chi connectivity index (χ3n) is 7.66. The average molecular weight is 638 g/mol. The minimum absolute atomic E-state index is 0.145. The van der Waals surface area contributed by atoms with Crippen LogP contribution in [0.4, 0.5) is 0 Å². The lowest BCUT2D eigenvalue weighted by Gasteiger charge is -2.31. The van der Waals surface area contributed by atoms with Crippen molar-refractivity contribution in [2.24, 2.45) is 0 Å². The number of unbranched alkanes of at least 4 members (excludes halogenated alkanes) is 2. The van der Waals surface area contributed by atoms with Crippen LogP contribution in [0.15, 0.2) is 83.8 Å². The summed E-state index contributed by atoms with van der Waals surface area (Å²) in [6.07, 6.45) is 3.21. The molecule has 3 aromatic rings. The Morgan fingerprint density at radius 1 is 0.911 bits per heavy atom. The molecule has 0 radical (unpaired) electrons. The number of benzene rings is 3. The van der Waals surface area contributed by atoms with E-state index in [-0.39, 0.29) is 29.9 Å². The monoisotopic (exact) mass is 637 g/mol. The van der Waals surface area contributed by atoms with Crippen LogP contribution in [-0.4, -0.2) is 82.0 Å². The second-order valence-electron chi connectivity index (χ2n) is 10.8. The summed E-state index contributed by atoms with van der Waals surface area (Å²) in [5, 5.41) is 3.04. The molecule has 1 N–H and O–H groups in total. The van der Waals surface area contributed by atoms with Gasteiger partial charge in [-0.2, -0.15) is 4.31 Å². The van der Waals surface area contributed by atoms with Gasteiger partial charge in [0.15, 0.2) is 6.61 Å². The molecule has 45 heavy (non-hydrogen) atoms. The van der Waals surface area contributed by atoms with Crippen LogP contribution >= 0.6 is 0 Å². The number of sulfonamides is 1. The van der Waals surface area contributed by atoms with Gasteiger partial charge in [-0.1, -0.05) is 62.2 Å². The van der Waals surface area contributed by atoms with Crippen molar-refractivity contribution in [2.45, 2.75) is 50.1 Å². The number of methoxy groups -OCH3 is 1. The minimum atomic E-state index is -3.66. The maximum Gasteiger partial charge on any atom is 0.261 e. The normalized spacial score (nSPS) is 14.4. The molecule has 2 amide bonds. The van der Waals surface area contributed by atoms with Crippen molar-refractivity contribution in [1.82, 2.24) is 14.5 Å². The van der Waals surface area contributed by atoms with E-state index in [4.69, 9.17) is 14.2 Å². The van der Waals surface area contributed by atoms with Crippen molar-refractivity contribution in [3.63, 3.8) is 0 Å². The number of hydrogen-bond donors (Lipinski definition) is 1. The number of hydrogen-bond acceptors (Lipinski definition) is 7. The van der Waals surface area contributed by atoms with E-state index in [1.165, 1.54) is 28.6 Å². The Kier molecular flexibility index (Phi) is 12.8. The predicted octanol–water partition coefficient (Wildman–Crippen LogP) is 4.04. The highest BCUT2D eigenvalue weighted by atomic mass is 32.2. The molecule has 1 fully saturated rings. The third kappa shape index (κ3) is 9.78. The number of nitrogens with zero attached hydrogens (tertiary/aromatic N) is 2. The van der Waals surface area contributed by atoms with E-state index in [1.807, 2.05) is 54.6 Å². The highest BCUT2D eigenvalue weighted by molar-refractivity contribution is 7.89. The smallest absolute Gasteiger partial charge is 0.261 e. The Hall–Kier alpha value is -3.93. The standard InChI is InChI=1S/C34H43N3O7S/c1-3-4-8-19-35-34(39)32(24-27-9-6-5-7-10-27)37(25-28-11-13-29(42-2)14-12-28)33(38)26-44-30-15-17-31(18-16-30)45(40,41)36-20-22-43-23-21-36/h5-7,9-18,32H,3-4,8,19-26H2,1-2H3,(H,35,39). The SMILES string of the molecule is CCCCCNC(=O)C(Cc1ccccc1)N(Cc1ccc(OC)cc1)C(=O)COc1ccc(S(=O)(=O)N2CCOCC2)cc1. The van der Waals surface area contributed by atoms with Crippen LogP contribution in [0, 0.1) is 0 Å². The summed E-state index contributed by atoms with van der Waals surface area (Å²) in [6.45, 7) is 3.80. The largest absolute Gasteiger partial charge is 0.497 e. The summed E-state index contributed by atoms with van der Waals surface area (Å²) >= 11 is 0. The first kappa shape index (κ1) is 34.0. The molecule has 0 spiro atoms. The Bertz CT molecular complexity index is 1460. The van der Waals surface area contributed by atoms with E-state index >= 15 is 0 Å². The molecule has 0 aromatic heterocycles. The summed E-state index contributed by atoms with van der Waals surface area (Å²) < 4.78 is 43.8. The molecule has 1 saturated heterocycles. The first-order chi connectivity index (χ1) is 21.8. The third-order valence-corrected chi connectivity index (χ3v) is 9.57. The fourth-order valence-corrected chi connectivity index (χ4v) is 6.47. The second kappa shape index (κ2) is 17.0. The number of carbonyl (C=O) groups excluding carboxylic acids is 2. The van der Waals surface area contributed by atoms with Gasteiger partial charge in [0.2, 0.25) is 15.9 Å². The fraction of sp³-hybridized carbons (Fsp3) is 0.412. The lowest BCUT2D eigenvalue weighted by Crippen LogP contribution is -2.51. The van der Waals surface area contributed by atoms with Crippen LogP contribution in [0.1, 0.15) is 37.3 Å². The van der Waals surface area contributed by atoms with Gasteiger partial charge in [-0.3, -0.25) is 9.59 Å². The van der Waals surface area contributed by atoms with Gasteiger partial charge in [-0.15, -0.1) is 0 Å². The Balaban J connectivity index is 1.53. The van der Waals surface area contributed by atoms with Crippen molar-refractivity contribution in [3.05, 3.63) is 90.0 Å². The lowest BCUT2D eigenvalue weighted by molar-refractivity contribution is -0.142. The number of amides is 2. The number of rotatable bonds is 16. The van der Waals surface area contributed by atoms with Crippen molar-refractivity contribution >= 4 is 21.8 Å². The Labute approximate surface area is 266 Å². The van der Waals surface area contributed by atoms with Crippen LogP contribution in [-0.2, 0) is 37.3 Å². The molecule has 1 aliphatic rings. The molecule has 3 aromatic carbocycles. The minimum Gasteiger partial charge on any atom is -0.497 e. The predicted molar refractivity (Wildman–Crippen MR) is 172 cm³/mol. The average Bonchev–Trinajstić information content (AvgIpc) is 3.08. The highest BCUT2D eigenvalue weighted by Gasteiger charge is 2.31. The molecular formula is C34H43N3O7S. The molecule has 0 saturated carbocycles. The lowest BCUT2D eigenvalue weighted by atomic mass is 10.0. The molecular weight excluding hydrogens is 594 g/mol. The van der Waals surface area contributed by atoms with Crippen LogP contribution in [0.2, 0.25) is 0 Å². The summed E-state index contributed by atoms with van der Waals surface area (Å²) in [6, 6.07) is 22.2.